The molecule has 0 radical (unpaired) electrons. The molecule has 4 nitrogen and oxygen atoms in total. The van der Waals surface area contributed by atoms with Gasteiger partial charge >= 0.3 is 6.09 Å². The highest BCUT2D eigenvalue weighted by Crippen LogP contribution is 2.19. The van der Waals surface area contributed by atoms with Crippen molar-refractivity contribution in [1.82, 2.24) is 4.90 Å². The van der Waals surface area contributed by atoms with Gasteiger partial charge in [-0.2, -0.15) is 0 Å². The maximum absolute atomic E-state index is 10.8. The highest BCUT2D eigenvalue weighted by molar-refractivity contribution is 6.30. The molecule has 0 spiro atoms. The van der Waals surface area contributed by atoms with Crippen molar-refractivity contribution in [3.05, 3.63) is 29.3 Å². The summed E-state index contributed by atoms with van der Waals surface area (Å²) >= 11 is 5.91. The Morgan fingerprint density at radius 3 is 2.78 bits per heavy atom. The van der Waals surface area contributed by atoms with E-state index in [1.54, 1.807) is 0 Å². The third-order valence-corrected chi connectivity index (χ3v) is 3.54. The van der Waals surface area contributed by atoms with Crippen LogP contribution in [0.25, 0.3) is 0 Å². The molecule has 18 heavy (non-hydrogen) atoms. The number of carbonyl (C=O) groups is 1. The molecule has 2 rings (SSSR count). The van der Waals surface area contributed by atoms with Gasteiger partial charge in [0, 0.05) is 30.3 Å². The molecule has 1 aromatic carbocycles. The fourth-order valence-electron chi connectivity index (χ4n) is 2.19. The molecule has 1 saturated heterocycles. The number of halogens is 1. The summed E-state index contributed by atoms with van der Waals surface area (Å²) in [7, 11) is 0. The Morgan fingerprint density at radius 1 is 1.44 bits per heavy atom. The molecular weight excluding hydrogens is 252 g/mol. The van der Waals surface area contributed by atoms with Crippen LogP contribution in [0.2, 0.25) is 5.02 Å². The number of piperidine rings is 1. The van der Waals surface area contributed by atoms with Gasteiger partial charge in [0.2, 0.25) is 0 Å². The maximum Gasteiger partial charge on any atom is 0.407 e. The number of hydrogen-bond acceptors (Lipinski definition) is 2. The minimum absolute atomic E-state index is 0.527. The normalized spacial score (nSPS) is 16.6. The van der Waals surface area contributed by atoms with E-state index in [1.165, 1.54) is 4.90 Å². The lowest BCUT2D eigenvalue weighted by Gasteiger charge is -2.30. The molecule has 98 valence electrons. The largest absolute Gasteiger partial charge is 0.465 e. The number of nitrogens with one attached hydrogen (secondary N) is 1. The molecule has 1 aromatic rings. The lowest BCUT2D eigenvalue weighted by molar-refractivity contribution is 0.126. The highest BCUT2D eigenvalue weighted by Gasteiger charge is 2.21. The van der Waals surface area contributed by atoms with E-state index in [0.717, 1.165) is 30.1 Å². The van der Waals surface area contributed by atoms with E-state index in [4.69, 9.17) is 16.7 Å². The molecule has 1 heterocycles. The molecule has 0 bridgehead atoms. The molecule has 1 aliphatic rings. The number of carboxylic acid groups (broad SMARTS) is 1. The molecule has 0 aromatic heterocycles. The van der Waals surface area contributed by atoms with Crippen LogP contribution in [-0.4, -0.2) is 35.7 Å². The molecule has 0 saturated carbocycles. The third kappa shape index (κ3) is 3.53. The number of anilines is 1. The number of rotatable bonds is 3. The van der Waals surface area contributed by atoms with Crippen LogP contribution in [0, 0.1) is 5.92 Å². The second-order valence-electron chi connectivity index (χ2n) is 4.60. The van der Waals surface area contributed by atoms with Crippen LogP contribution in [0.4, 0.5) is 10.5 Å². The third-order valence-electron chi connectivity index (χ3n) is 3.30. The standard InChI is InChI=1S/C13H17ClN2O2/c14-11-2-1-3-12(8-11)15-9-10-4-6-16(7-5-10)13(17)18/h1-3,8,10,15H,4-7,9H2,(H,17,18). The van der Waals surface area contributed by atoms with E-state index < -0.39 is 6.09 Å². The van der Waals surface area contributed by atoms with E-state index >= 15 is 0 Å². The number of likely N-dealkylation sites (tertiary alicyclic amines) is 1. The summed E-state index contributed by atoms with van der Waals surface area (Å²) in [5, 5.41) is 12.9. The first-order valence-corrected chi connectivity index (χ1v) is 6.50. The van der Waals surface area contributed by atoms with Crippen molar-refractivity contribution in [3.8, 4) is 0 Å². The number of nitrogens with zero attached hydrogens (tertiary/aromatic N) is 1. The molecule has 1 aliphatic heterocycles. The van der Waals surface area contributed by atoms with Gasteiger partial charge in [0.05, 0.1) is 0 Å². The molecule has 0 aliphatic carbocycles. The Kier molecular flexibility index (Phi) is 4.31. The lowest BCUT2D eigenvalue weighted by atomic mass is 9.97. The van der Waals surface area contributed by atoms with Crippen LogP contribution in [0.5, 0.6) is 0 Å². The van der Waals surface area contributed by atoms with E-state index in [9.17, 15) is 4.79 Å². The van der Waals surface area contributed by atoms with Gasteiger partial charge in [-0.25, -0.2) is 4.79 Å². The molecule has 1 amide bonds. The molecule has 5 heteroatoms. The fourth-order valence-corrected chi connectivity index (χ4v) is 2.38. The zero-order valence-electron chi connectivity index (χ0n) is 10.1. The van der Waals surface area contributed by atoms with Gasteiger partial charge in [-0.05, 0) is 37.0 Å². The van der Waals surface area contributed by atoms with Crippen molar-refractivity contribution in [2.45, 2.75) is 12.8 Å². The van der Waals surface area contributed by atoms with Crippen LogP contribution in [0.3, 0.4) is 0 Å². The summed E-state index contributed by atoms with van der Waals surface area (Å²) in [6.45, 7) is 2.14. The van der Waals surface area contributed by atoms with E-state index in [1.807, 2.05) is 24.3 Å². The summed E-state index contributed by atoms with van der Waals surface area (Å²) in [5.41, 5.74) is 1.02. The maximum atomic E-state index is 10.8. The number of hydrogen-bond donors (Lipinski definition) is 2. The van der Waals surface area contributed by atoms with Gasteiger partial charge in [-0.3, -0.25) is 0 Å². The molecular formula is C13H17ClN2O2. The average molecular weight is 269 g/mol. The zero-order chi connectivity index (χ0) is 13.0. The van der Waals surface area contributed by atoms with Crippen molar-refractivity contribution < 1.29 is 9.90 Å². The summed E-state index contributed by atoms with van der Waals surface area (Å²) in [6.07, 6.45) is 1.02. The van der Waals surface area contributed by atoms with Gasteiger partial charge < -0.3 is 15.3 Å². The topological polar surface area (TPSA) is 52.6 Å². The Morgan fingerprint density at radius 2 is 2.17 bits per heavy atom. The zero-order valence-corrected chi connectivity index (χ0v) is 10.9. The van der Waals surface area contributed by atoms with Gasteiger partial charge in [-0.1, -0.05) is 17.7 Å². The second kappa shape index (κ2) is 5.96. The van der Waals surface area contributed by atoms with E-state index in [0.29, 0.717) is 19.0 Å². The summed E-state index contributed by atoms with van der Waals surface area (Å²) in [4.78, 5) is 12.3. The Bertz CT molecular complexity index is 417. The van der Waals surface area contributed by atoms with Crippen molar-refractivity contribution in [2.24, 2.45) is 5.92 Å². The van der Waals surface area contributed by atoms with Crippen LogP contribution in [0.1, 0.15) is 12.8 Å². The Labute approximate surface area is 112 Å². The monoisotopic (exact) mass is 268 g/mol. The molecule has 1 fully saturated rings. The van der Waals surface area contributed by atoms with Crippen molar-refractivity contribution in [2.75, 3.05) is 25.0 Å². The lowest BCUT2D eigenvalue weighted by Crippen LogP contribution is -2.39. The predicted molar refractivity (Wildman–Crippen MR) is 72.3 cm³/mol. The van der Waals surface area contributed by atoms with Gasteiger partial charge in [0.15, 0.2) is 0 Å². The van der Waals surface area contributed by atoms with Crippen LogP contribution >= 0.6 is 11.6 Å². The molecule has 0 atom stereocenters. The first kappa shape index (κ1) is 13.0. The second-order valence-corrected chi connectivity index (χ2v) is 5.04. The number of amides is 1. The van der Waals surface area contributed by atoms with Crippen molar-refractivity contribution in [1.29, 1.82) is 0 Å². The SMILES string of the molecule is O=C(O)N1CCC(CNc2cccc(Cl)c2)CC1. The Balaban J connectivity index is 1.77. The van der Waals surface area contributed by atoms with E-state index in [2.05, 4.69) is 5.32 Å². The van der Waals surface area contributed by atoms with Crippen LogP contribution in [-0.2, 0) is 0 Å². The number of benzene rings is 1. The summed E-state index contributed by atoms with van der Waals surface area (Å²) < 4.78 is 0. The molecule has 2 N–H and O–H groups in total. The summed E-state index contributed by atoms with van der Waals surface area (Å²) in [5.74, 6) is 0.527. The van der Waals surface area contributed by atoms with Gasteiger partial charge in [0.25, 0.3) is 0 Å². The smallest absolute Gasteiger partial charge is 0.407 e. The van der Waals surface area contributed by atoms with Gasteiger partial charge in [0.1, 0.15) is 0 Å². The van der Waals surface area contributed by atoms with Crippen molar-refractivity contribution >= 4 is 23.4 Å². The van der Waals surface area contributed by atoms with Crippen LogP contribution < -0.4 is 5.32 Å². The minimum Gasteiger partial charge on any atom is -0.465 e. The first-order valence-electron chi connectivity index (χ1n) is 6.12. The molecule has 0 unspecified atom stereocenters. The fraction of sp³-hybridized carbons (Fsp3) is 0.462. The van der Waals surface area contributed by atoms with Gasteiger partial charge in [-0.15, -0.1) is 0 Å². The Hall–Kier alpha value is -1.42. The summed E-state index contributed by atoms with van der Waals surface area (Å²) in [6, 6.07) is 7.64. The van der Waals surface area contributed by atoms with Crippen molar-refractivity contribution in [3.63, 3.8) is 0 Å². The van der Waals surface area contributed by atoms with Crippen LogP contribution in [0.15, 0.2) is 24.3 Å². The highest BCUT2D eigenvalue weighted by atomic mass is 35.5. The quantitative estimate of drug-likeness (QED) is 0.885. The predicted octanol–water partition coefficient (Wildman–Crippen LogP) is 3.14. The average Bonchev–Trinajstić information content (AvgIpc) is 2.37. The van der Waals surface area contributed by atoms with E-state index in [-0.39, 0.29) is 0 Å². The minimum atomic E-state index is -0.809. The first-order chi connectivity index (χ1) is 8.65.